The van der Waals surface area contributed by atoms with Crippen molar-refractivity contribution in [2.45, 2.75) is 19.8 Å². The molecule has 1 fully saturated rings. The summed E-state index contributed by atoms with van der Waals surface area (Å²) in [5.74, 6) is 0.295. The normalized spacial score (nSPS) is 14.4. The minimum atomic E-state index is -0.153. The second-order valence-corrected chi connectivity index (χ2v) is 9.22. The third-order valence-electron chi connectivity index (χ3n) is 5.77. The maximum Gasteiger partial charge on any atom is 0.253 e. The standard InChI is InChI=1S/C24H22N6O2S/c1-15-28-29-23(33-15)20-11-18-12-21(26-14-19(18)13-25-20)27-22(31)16-7-9-30(10-8-16)24(32)17-5-3-2-4-6-17/h2-6,11-14,16H,7-10H2,1H3,(H,26,27,31). The van der Waals surface area contributed by atoms with Crippen LogP contribution in [0.5, 0.6) is 0 Å². The number of aryl methyl sites for hydroxylation is 1. The van der Waals surface area contributed by atoms with E-state index in [4.69, 9.17) is 0 Å². The summed E-state index contributed by atoms with van der Waals surface area (Å²) >= 11 is 1.49. The van der Waals surface area contributed by atoms with Crippen LogP contribution in [-0.2, 0) is 4.79 Å². The van der Waals surface area contributed by atoms with Crippen molar-refractivity contribution in [3.63, 3.8) is 0 Å². The molecule has 2 amide bonds. The molecular formula is C24H22N6O2S. The molecule has 1 aromatic carbocycles. The van der Waals surface area contributed by atoms with Crippen LogP contribution in [0.15, 0.2) is 54.9 Å². The second-order valence-electron chi connectivity index (χ2n) is 8.03. The van der Waals surface area contributed by atoms with Gasteiger partial charge in [0.2, 0.25) is 5.91 Å². The molecule has 166 valence electrons. The number of hydrogen-bond acceptors (Lipinski definition) is 7. The molecule has 4 aromatic rings. The van der Waals surface area contributed by atoms with E-state index in [2.05, 4.69) is 25.5 Å². The monoisotopic (exact) mass is 458 g/mol. The van der Waals surface area contributed by atoms with Crippen LogP contribution < -0.4 is 5.32 Å². The molecular weight excluding hydrogens is 436 g/mol. The molecule has 3 aromatic heterocycles. The fourth-order valence-corrected chi connectivity index (χ4v) is 4.62. The quantitative estimate of drug-likeness (QED) is 0.497. The van der Waals surface area contributed by atoms with E-state index in [9.17, 15) is 9.59 Å². The molecule has 8 nitrogen and oxygen atoms in total. The number of pyridine rings is 2. The van der Waals surface area contributed by atoms with Crippen LogP contribution in [0, 0.1) is 12.8 Å². The zero-order valence-electron chi connectivity index (χ0n) is 18.1. The van der Waals surface area contributed by atoms with Crippen LogP contribution in [-0.4, -0.2) is 50.0 Å². The number of fused-ring (bicyclic) bond motifs is 1. The number of amides is 2. The number of benzene rings is 1. The highest BCUT2D eigenvalue weighted by Gasteiger charge is 2.28. The Balaban J connectivity index is 1.24. The number of rotatable bonds is 4. The Kier molecular flexibility index (Phi) is 5.78. The fraction of sp³-hybridized carbons (Fsp3) is 0.250. The summed E-state index contributed by atoms with van der Waals surface area (Å²) < 4.78 is 0. The summed E-state index contributed by atoms with van der Waals surface area (Å²) in [5, 5.41) is 14.6. The van der Waals surface area contributed by atoms with E-state index >= 15 is 0 Å². The third kappa shape index (κ3) is 4.58. The Morgan fingerprint density at radius 1 is 1.00 bits per heavy atom. The summed E-state index contributed by atoms with van der Waals surface area (Å²) in [7, 11) is 0. The molecule has 1 N–H and O–H groups in total. The number of carbonyl (C=O) groups excluding carboxylic acids is 2. The third-order valence-corrected chi connectivity index (χ3v) is 6.63. The average Bonchev–Trinajstić information content (AvgIpc) is 3.30. The Hall–Kier alpha value is -3.72. The number of likely N-dealkylation sites (tertiary alicyclic amines) is 1. The van der Waals surface area contributed by atoms with Crippen molar-refractivity contribution in [2.75, 3.05) is 18.4 Å². The molecule has 0 bridgehead atoms. The predicted octanol–water partition coefficient (Wildman–Crippen LogP) is 3.95. The molecule has 0 unspecified atom stereocenters. The molecule has 0 saturated carbocycles. The molecule has 0 atom stereocenters. The zero-order chi connectivity index (χ0) is 22.8. The van der Waals surface area contributed by atoms with Gasteiger partial charge in [-0.05, 0) is 49.4 Å². The molecule has 0 radical (unpaired) electrons. The van der Waals surface area contributed by atoms with E-state index in [-0.39, 0.29) is 17.7 Å². The molecule has 0 spiro atoms. The lowest BCUT2D eigenvalue weighted by molar-refractivity contribution is -0.121. The molecule has 1 aliphatic rings. The highest BCUT2D eigenvalue weighted by atomic mass is 32.1. The van der Waals surface area contributed by atoms with Crippen molar-refractivity contribution in [3.8, 4) is 10.7 Å². The van der Waals surface area contributed by atoms with Gasteiger partial charge in [0.15, 0.2) is 5.01 Å². The van der Waals surface area contributed by atoms with E-state index in [1.807, 2.05) is 54.3 Å². The lowest BCUT2D eigenvalue weighted by Gasteiger charge is -2.31. The van der Waals surface area contributed by atoms with E-state index in [0.29, 0.717) is 37.3 Å². The Morgan fingerprint density at radius 2 is 1.76 bits per heavy atom. The van der Waals surface area contributed by atoms with Gasteiger partial charge in [0, 0.05) is 42.4 Å². The number of aromatic nitrogens is 4. The van der Waals surface area contributed by atoms with Gasteiger partial charge in [0.25, 0.3) is 5.91 Å². The summed E-state index contributed by atoms with van der Waals surface area (Å²) in [5.41, 5.74) is 1.42. The summed E-state index contributed by atoms with van der Waals surface area (Å²) in [4.78, 5) is 36.1. The maximum absolute atomic E-state index is 12.9. The van der Waals surface area contributed by atoms with Gasteiger partial charge in [-0.1, -0.05) is 29.5 Å². The molecule has 1 saturated heterocycles. The maximum atomic E-state index is 12.9. The van der Waals surface area contributed by atoms with Crippen LogP contribution in [0.25, 0.3) is 21.5 Å². The number of carbonyl (C=O) groups is 2. The molecule has 5 rings (SSSR count). The van der Waals surface area contributed by atoms with Gasteiger partial charge in [-0.25, -0.2) is 4.98 Å². The smallest absolute Gasteiger partial charge is 0.253 e. The van der Waals surface area contributed by atoms with Gasteiger partial charge in [0.1, 0.15) is 16.5 Å². The van der Waals surface area contributed by atoms with Gasteiger partial charge in [-0.2, -0.15) is 0 Å². The first-order valence-electron chi connectivity index (χ1n) is 10.8. The van der Waals surface area contributed by atoms with E-state index in [1.54, 1.807) is 12.4 Å². The van der Waals surface area contributed by atoms with Gasteiger partial charge >= 0.3 is 0 Å². The van der Waals surface area contributed by atoms with Crippen molar-refractivity contribution in [2.24, 2.45) is 5.92 Å². The van der Waals surface area contributed by atoms with Crippen molar-refractivity contribution < 1.29 is 9.59 Å². The first-order chi connectivity index (χ1) is 16.1. The van der Waals surface area contributed by atoms with Crippen LogP contribution in [0.1, 0.15) is 28.2 Å². The van der Waals surface area contributed by atoms with Gasteiger partial charge in [-0.15, -0.1) is 10.2 Å². The lowest BCUT2D eigenvalue weighted by atomic mass is 9.95. The Morgan fingerprint density at radius 3 is 2.48 bits per heavy atom. The summed E-state index contributed by atoms with van der Waals surface area (Å²) in [6, 6.07) is 13.0. The molecule has 9 heteroatoms. The molecule has 0 aliphatic carbocycles. The zero-order valence-corrected chi connectivity index (χ0v) is 18.9. The minimum absolute atomic E-state index is 0.0145. The SMILES string of the molecule is Cc1nnc(-c2cc3cc(NC(=O)C4CCN(C(=O)c5ccccc5)CC4)ncc3cn2)s1. The average molecular weight is 459 g/mol. The Bertz CT molecular complexity index is 1320. The highest BCUT2D eigenvalue weighted by molar-refractivity contribution is 7.14. The number of piperidine rings is 1. The second kappa shape index (κ2) is 9.03. The first-order valence-corrected chi connectivity index (χ1v) is 11.6. The number of nitrogens with one attached hydrogen (secondary N) is 1. The van der Waals surface area contributed by atoms with Crippen molar-refractivity contribution >= 4 is 39.7 Å². The number of hydrogen-bond donors (Lipinski definition) is 1. The van der Waals surface area contributed by atoms with Crippen LogP contribution in [0.2, 0.25) is 0 Å². The Labute approximate surface area is 194 Å². The van der Waals surface area contributed by atoms with E-state index in [0.717, 1.165) is 26.5 Å². The van der Waals surface area contributed by atoms with Gasteiger partial charge < -0.3 is 10.2 Å². The minimum Gasteiger partial charge on any atom is -0.339 e. The van der Waals surface area contributed by atoms with E-state index in [1.165, 1.54) is 11.3 Å². The topological polar surface area (TPSA) is 101 Å². The van der Waals surface area contributed by atoms with Gasteiger partial charge in [-0.3, -0.25) is 14.6 Å². The molecule has 1 aliphatic heterocycles. The number of nitrogens with zero attached hydrogens (tertiary/aromatic N) is 5. The van der Waals surface area contributed by atoms with Crippen LogP contribution in [0.4, 0.5) is 5.82 Å². The van der Waals surface area contributed by atoms with Gasteiger partial charge in [0.05, 0.1) is 0 Å². The van der Waals surface area contributed by atoms with Crippen LogP contribution >= 0.6 is 11.3 Å². The molecule has 4 heterocycles. The first kappa shape index (κ1) is 21.1. The van der Waals surface area contributed by atoms with Crippen molar-refractivity contribution in [1.29, 1.82) is 0 Å². The van der Waals surface area contributed by atoms with Crippen molar-refractivity contribution in [3.05, 3.63) is 65.4 Å². The predicted molar refractivity (Wildman–Crippen MR) is 127 cm³/mol. The molecule has 33 heavy (non-hydrogen) atoms. The number of anilines is 1. The van der Waals surface area contributed by atoms with Crippen LogP contribution in [0.3, 0.4) is 0 Å². The largest absolute Gasteiger partial charge is 0.339 e. The lowest BCUT2D eigenvalue weighted by Crippen LogP contribution is -2.41. The summed E-state index contributed by atoms with van der Waals surface area (Å²) in [6.07, 6.45) is 4.71. The fourth-order valence-electron chi connectivity index (χ4n) is 3.96. The van der Waals surface area contributed by atoms with Crippen molar-refractivity contribution in [1.82, 2.24) is 25.1 Å². The highest BCUT2D eigenvalue weighted by Crippen LogP contribution is 2.26. The summed E-state index contributed by atoms with van der Waals surface area (Å²) in [6.45, 7) is 3.03. The van der Waals surface area contributed by atoms with E-state index < -0.39 is 0 Å².